The number of aromatic nitrogens is 1. The zero-order valence-electron chi connectivity index (χ0n) is 11.6. The highest BCUT2D eigenvalue weighted by molar-refractivity contribution is 5.83. The maximum atomic E-state index is 12.2. The Hall–Kier alpha value is -2.55. The number of rotatable bonds is 4. The molecule has 1 aromatic heterocycles. The number of ether oxygens (including phenoxy) is 1. The van der Waals surface area contributed by atoms with Crippen LogP contribution in [0.2, 0.25) is 0 Å². The topological polar surface area (TPSA) is 42.1 Å². The fraction of sp³-hybridized carbons (Fsp3) is 0.118. The first kappa shape index (κ1) is 13.9. The standard InChI is InChI=1S/C17H17NO2/c1-4-6-12(7-5-2)15-11-17(19)14-9-8-13(20-3)10-16(14)18-15/h4-11H,1H2,2-3H3,(H,18,19)/b7-5-,12-6+. The van der Waals surface area contributed by atoms with Crippen LogP contribution < -0.4 is 10.2 Å². The summed E-state index contributed by atoms with van der Waals surface area (Å²) in [6.45, 7) is 5.63. The molecule has 0 spiro atoms. The van der Waals surface area contributed by atoms with Gasteiger partial charge >= 0.3 is 0 Å². The van der Waals surface area contributed by atoms with E-state index in [-0.39, 0.29) is 5.43 Å². The van der Waals surface area contributed by atoms with Gasteiger partial charge in [-0.25, -0.2) is 0 Å². The van der Waals surface area contributed by atoms with Crippen molar-refractivity contribution >= 4 is 16.5 Å². The zero-order chi connectivity index (χ0) is 14.5. The smallest absolute Gasteiger partial charge is 0.190 e. The number of hydrogen-bond acceptors (Lipinski definition) is 2. The van der Waals surface area contributed by atoms with Crippen LogP contribution in [0.25, 0.3) is 16.5 Å². The summed E-state index contributed by atoms with van der Waals surface area (Å²) in [5.74, 6) is 0.714. The molecule has 2 rings (SSSR count). The molecule has 3 heteroatoms. The molecule has 2 aromatic rings. The van der Waals surface area contributed by atoms with E-state index >= 15 is 0 Å². The van der Waals surface area contributed by atoms with E-state index in [2.05, 4.69) is 11.6 Å². The van der Waals surface area contributed by atoms with Crippen LogP contribution >= 0.6 is 0 Å². The zero-order valence-corrected chi connectivity index (χ0v) is 11.6. The second kappa shape index (κ2) is 6.06. The summed E-state index contributed by atoms with van der Waals surface area (Å²) >= 11 is 0. The summed E-state index contributed by atoms with van der Waals surface area (Å²) in [4.78, 5) is 15.4. The van der Waals surface area contributed by atoms with Gasteiger partial charge in [0, 0.05) is 23.2 Å². The molecule has 0 saturated heterocycles. The van der Waals surface area contributed by atoms with Crippen LogP contribution in [0.15, 0.2) is 59.9 Å². The van der Waals surface area contributed by atoms with E-state index in [1.54, 1.807) is 31.4 Å². The van der Waals surface area contributed by atoms with Gasteiger partial charge in [0.25, 0.3) is 0 Å². The molecule has 0 radical (unpaired) electrons. The van der Waals surface area contributed by atoms with Crippen molar-refractivity contribution in [1.29, 1.82) is 0 Å². The third-order valence-corrected chi connectivity index (χ3v) is 2.99. The van der Waals surface area contributed by atoms with E-state index in [1.165, 1.54) is 0 Å². The van der Waals surface area contributed by atoms with Crippen molar-refractivity contribution in [1.82, 2.24) is 4.98 Å². The van der Waals surface area contributed by atoms with Crippen LogP contribution in [0, 0.1) is 0 Å². The first-order valence-electron chi connectivity index (χ1n) is 6.36. The minimum atomic E-state index is -0.0177. The molecule has 20 heavy (non-hydrogen) atoms. The quantitative estimate of drug-likeness (QED) is 0.858. The largest absolute Gasteiger partial charge is 0.497 e. The number of methoxy groups -OCH3 is 1. The van der Waals surface area contributed by atoms with Crippen molar-refractivity contribution in [3.63, 3.8) is 0 Å². The Morgan fingerprint density at radius 1 is 1.35 bits per heavy atom. The minimum Gasteiger partial charge on any atom is -0.497 e. The first-order chi connectivity index (χ1) is 9.69. The Bertz CT molecular complexity index is 751. The van der Waals surface area contributed by atoms with Gasteiger partial charge in [-0.1, -0.05) is 30.9 Å². The Morgan fingerprint density at radius 2 is 2.15 bits per heavy atom. The maximum absolute atomic E-state index is 12.2. The number of hydrogen-bond donors (Lipinski definition) is 1. The van der Waals surface area contributed by atoms with Crippen LogP contribution in [0.3, 0.4) is 0 Å². The third-order valence-electron chi connectivity index (χ3n) is 2.99. The van der Waals surface area contributed by atoms with Gasteiger partial charge in [-0.15, -0.1) is 0 Å². The van der Waals surface area contributed by atoms with Crippen molar-refractivity contribution in [3.8, 4) is 5.75 Å². The number of benzene rings is 1. The van der Waals surface area contributed by atoms with Gasteiger partial charge in [-0.2, -0.15) is 0 Å². The van der Waals surface area contributed by atoms with Crippen molar-refractivity contribution < 1.29 is 4.74 Å². The number of allylic oxidation sites excluding steroid dienone is 5. The van der Waals surface area contributed by atoms with Crippen LogP contribution in [0.1, 0.15) is 12.6 Å². The van der Waals surface area contributed by atoms with Crippen LogP contribution in [-0.4, -0.2) is 12.1 Å². The molecule has 0 unspecified atom stereocenters. The molecule has 0 bridgehead atoms. The second-order valence-electron chi connectivity index (χ2n) is 4.32. The number of fused-ring (bicyclic) bond motifs is 1. The number of pyridine rings is 1. The molecule has 1 heterocycles. The van der Waals surface area contributed by atoms with E-state index in [0.717, 1.165) is 16.8 Å². The number of H-pyrrole nitrogens is 1. The van der Waals surface area contributed by atoms with Gasteiger partial charge < -0.3 is 9.72 Å². The lowest BCUT2D eigenvalue weighted by Crippen LogP contribution is -2.04. The number of aromatic amines is 1. The molecule has 0 aliphatic carbocycles. The van der Waals surface area contributed by atoms with Gasteiger partial charge in [0.1, 0.15) is 5.75 Å². The van der Waals surface area contributed by atoms with Crippen molar-refractivity contribution in [2.45, 2.75) is 6.92 Å². The summed E-state index contributed by atoms with van der Waals surface area (Å²) in [6, 6.07) is 6.97. The van der Waals surface area contributed by atoms with Crippen LogP contribution in [0.5, 0.6) is 5.75 Å². The van der Waals surface area contributed by atoms with Gasteiger partial charge in [0.15, 0.2) is 5.43 Å². The summed E-state index contributed by atoms with van der Waals surface area (Å²) in [5.41, 5.74) is 2.40. The van der Waals surface area contributed by atoms with Gasteiger partial charge in [0.05, 0.1) is 12.6 Å². The molecule has 102 valence electrons. The van der Waals surface area contributed by atoms with E-state index < -0.39 is 0 Å². The van der Waals surface area contributed by atoms with Crippen molar-refractivity contribution in [2.24, 2.45) is 0 Å². The predicted octanol–water partition coefficient (Wildman–Crippen LogP) is 3.68. The average Bonchev–Trinajstić information content (AvgIpc) is 2.46. The molecular formula is C17H17NO2. The van der Waals surface area contributed by atoms with E-state index in [4.69, 9.17) is 4.74 Å². The van der Waals surface area contributed by atoms with Crippen LogP contribution in [0.4, 0.5) is 0 Å². The Morgan fingerprint density at radius 3 is 2.80 bits per heavy atom. The summed E-state index contributed by atoms with van der Waals surface area (Å²) < 4.78 is 5.19. The minimum absolute atomic E-state index is 0.0177. The molecule has 0 atom stereocenters. The fourth-order valence-corrected chi connectivity index (χ4v) is 2.06. The van der Waals surface area contributed by atoms with Crippen LogP contribution in [-0.2, 0) is 0 Å². The maximum Gasteiger partial charge on any atom is 0.190 e. The molecule has 1 N–H and O–H groups in total. The monoisotopic (exact) mass is 267 g/mol. The van der Waals surface area contributed by atoms with Crippen molar-refractivity contribution in [2.75, 3.05) is 7.11 Å². The summed E-state index contributed by atoms with van der Waals surface area (Å²) in [6.07, 6.45) is 7.41. The average molecular weight is 267 g/mol. The molecule has 0 saturated carbocycles. The van der Waals surface area contributed by atoms with Gasteiger partial charge in [-0.05, 0) is 24.6 Å². The lowest BCUT2D eigenvalue weighted by Gasteiger charge is -2.07. The highest BCUT2D eigenvalue weighted by Gasteiger charge is 2.05. The van der Waals surface area contributed by atoms with E-state index in [1.807, 2.05) is 31.2 Å². The Labute approximate surface area is 117 Å². The second-order valence-corrected chi connectivity index (χ2v) is 4.32. The Balaban J connectivity index is 2.69. The third kappa shape index (κ3) is 2.72. The summed E-state index contributed by atoms with van der Waals surface area (Å²) in [7, 11) is 1.60. The lowest BCUT2D eigenvalue weighted by molar-refractivity contribution is 0.415. The van der Waals surface area contributed by atoms with E-state index in [0.29, 0.717) is 11.1 Å². The van der Waals surface area contributed by atoms with Gasteiger partial charge in [0.2, 0.25) is 0 Å². The normalized spacial score (nSPS) is 12.0. The molecule has 0 aliphatic heterocycles. The summed E-state index contributed by atoms with van der Waals surface area (Å²) in [5, 5.41) is 0.646. The fourth-order valence-electron chi connectivity index (χ4n) is 2.06. The van der Waals surface area contributed by atoms with E-state index in [9.17, 15) is 4.79 Å². The van der Waals surface area contributed by atoms with Gasteiger partial charge in [-0.3, -0.25) is 4.79 Å². The molecule has 3 nitrogen and oxygen atoms in total. The number of nitrogens with one attached hydrogen (secondary N) is 1. The highest BCUT2D eigenvalue weighted by Crippen LogP contribution is 2.20. The van der Waals surface area contributed by atoms with Crippen molar-refractivity contribution in [3.05, 3.63) is 71.1 Å². The SMILES string of the molecule is C=C/C=C(\C=C/C)c1cc(=O)c2ccc(OC)cc2[nH]1. The molecule has 0 aliphatic rings. The molecule has 1 aromatic carbocycles. The molecule has 0 fully saturated rings. The Kier molecular flexibility index (Phi) is 4.20. The molecule has 0 amide bonds. The lowest BCUT2D eigenvalue weighted by atomic mass is 10.1. The molecular weight excluding hydrogens is 250 g/mol. The first-order valence-corrected chi connectivity index (χ1v) is 6.36. The highest BCUT2D eigenvalue weighted by atomic mass is 16.5. The predicted molar refractivity (Wildman–Crippen MR) is 84.1 cm³/mol.